The third-order valence-corrected chi connectivity index (χ3v) is 4.83. The van der Waals surface area contributed by atoms with Crippen molar-refractivity contribution >= 4 is 16.7 Å². The summed E-state index contributed by atoms with van der Waals surface area (Å²) >= 11 is 0. The Labute approximate surface area is 145 Å². The Morgan fingerprint density at radius 2 is 2.12 bits per heavy atom. The van der Waals surface area contributed by atoms with Crippen molar-refractivity contribution in [1.29, 1.82) is 0 Å². The molecule has 2 aromatic carbocycles. The summed E-state index contributed by atoms with van der Waals surface area (Å²) in [7, 11) is 0. The van der Waals surface area contributed by atoms with E-state index in [1.54, 1.807) is 12.1 Å². The van der Waals surface area contributed by atoms with E-state index in [9.17, 15) is 10.1 Å². The molecule has 0 saturated carbocycles. The van der Waals surface area contributed by atoms with E-state index in [1.807, 2.05) is 24.3 Å². The van der Waals surface area contributed by atoms with Crippen LogP contribution in [0.4, 0.5) is 5.69 Å². The van der Waals surface area contributed by atoms with Crippen molar-refractivity contribution in [2.75, 3.05) is 13.1 Å². The zero-order valence-corrected chi connectivity index (χ0v) is 13.9. The number of nitro benzene ring substituents is 1. The summed E-state index contributed by atoms with van der Waals surface area (Å²) in [6.45, 7) is 2.67. The van der Waals surface area contributed by atoms with E-state index >= 15 is 0 Å². The van der Waals surface area contributed by atoms with Crippen molar-refractivity contribution in [2.45, 2.75) is 25.3 Å². The van der Waals surface area contributed by atoms with Gasteiger partial charge in [-0.15, -0.1) is 0 Å². The number of aromatic amines is 1. The lowest BCUT2D eigenvalue weighted by Crippen LogP contribution is -2.34. The largest absolute Gasteiger partial charge is 0.342 e. The maximum atomic E-state index is 10.9. The lowest BCUT2D eigenvalue weighted by atomic mass is 9.97. The number of hydrogen-bond acceptors (Lipinski definition) is 4. The fourth-order valence-electron chi connectivity index (χ4n) is 3.61. The van der Waals surface area contributed by atoms with E-state index in [-0.39, 0.29) is 10.6 Å². The number of hydrogen-bond donors (Lipinski definition) is 1. The monoisotopic (exact) mass is 336 g/mol. The Bertz CT molecular complexity index is 872. The molecule has 0 amide bonds. The number of H-pyrrole nitrogens is 1. The number of benzene rings is 2. The molecule has 6 heteroatoms. The molecule has 2 heterocycles. The average molecular weight is 336 g/mol. The number of nitro groups is 1. The number of fused-ring (bicyclic) bond motifs is 1. The van der Waals surface area contributed by atoms with Crippen molar-refractivity contribution in [1.82, 2.24) is 14.9 Å². The first-order chi connectivity index (χ1) is 12.2. The minimum Gasteiger partial charge on any atom is -0.342 e. The number of imidazole rings is 1. The van der Waals surface area contributed by atoms with Crippen molar-refractivity contribution in [2.24, 2.45) is 0 Å². The van der Waals surface area contributed by atoms with E-state index in [0.29, 0.717) is 5.92 Å². The quantitative estimate of drug-likeness (QED) is 0.580. The molecule has 4 rings (SSSR count). The smallest absolute Gasteiger partial charge is 0.269 e. The number of nitrogens with one attached hydrogen (secondary N) is 1. The Morgan fingerprint density at radius 3 is 2.96 bits per heavy atom. The number of likely N-dealkylation sites (tertiary alicyclic amines) is 1. The third kappa shape index (κ3) is 3.39. The molecule has 1 aromatic heterocycles. The SMILES string of the molecule is O=[N+]([O-])c1cccc(CN2CCC[C@H](c3nc4ccccc4[nH]3)C2)c1. The van der Waals surface area contributed by atoms with Crippen LogP contribution in [-0.4, -0.2) is 32.9 Å². The zero-order valence-electron chi connectivity index (χ0n) is 13.9. The van der Waals surface area contributed by atoms with Crippen LogP contribution in [0.25, 0.3) is 11.0 Å². The first kappa shape index (κ1) is 15.8. The molecule has 25 heavy (non-hydrogen) atoms. The first-order valence-electron chi connectivity index (χ1n) is 8.59. The second-order valence-electron chi connectivity index (χ2n) is 6.64. The van der Waals surface area contributed by atoms with Gasteiger partial charge < -0.3 is 4.98 Å². The maximum Gasteiger partial charge on any atom is 0.269 e. The van der Waals surface area contributed by atoms with Crippen LogP contribution in [0.5, 0.6) is 0 Å². The Kier molecular flexibility index (Phi) is 4.19. The summed E-state index contributed by atoms with van der Waals surface area (Å²) in [6.07, 6.45) is 2.22. The van der Waals surface area contributed by atoms with Gasteiger partial charge in [-0.1, -0.05) is 24.3 Å². The summed E-state index contributed by atoms with van der Waals surface area (Å²) in [6, 6.07) is 15.0. The summed E-state index contributed by atoms with van der Waals surface area (Å²) in [5.41, 5.74) is 3.23. The van der Waals surface area contributed by atoms with E-state index < -0.39 is 0 Å². The topological polar surface area (TPSA) is 75.1 Å². The fourth-order valence-corrected chi connectivity index (χ4v) is 3.61. The van der Waals surface area contributed by atoms with Gasteiger partial charge in [0.15, 0.2) is 0 Å². The van der Waals surface area contributed by atoms with E-state index in [2.05, 4.69) is 16.0 Å². The molecule has 1 N–H and O–H groups in total. The molecule has 1 fully saturated rings. The van der Waals surface area contributed by atoms with Gasteiger partial charge >= 0.3 is 0 Å². The van der Waals surface area contributed by atoms with Gasteiger partial charge in [-0.05, 0) is 37.1 Å². The van der Waals surface area contributed by atoms with Crippen LogP contribution < -0.4 is 0 Å². The van der Waals surface area contributed by atoms with E-state index in [1.165, 1.54) is 6.07 Å². The second-order valence-corrected chi connectivity index (χ2v) is 6.64. The molecule has 0 spiro atoms. The lowest BCUT2D eigenvalue weighted by molar-refractivity contribution is -0.384. The van der Waals surface area contributed by atoms with Gasteiger partial charge in [0.2, 0.25) is 0 Å². The van der Waals surface area contributed by atoms with Crippen molar-refractivity contribution in [3.05, 3.63) is 70.0 Å². The standard InChI is InChI=1S/C19H20N4O2/c24-23(25)16-7-3-5-14(11-16)12-22-10-4-6-15(13-22)19-20-17-8-1-2-9-18(17)21-19/h1-3,5,7-9,11,15H,4,6,10,12-13H2,(H,20,21)/t15-/m0/s1. The van der Waals surface area contributed by atoms with Gasteiger partial charge in [0.05, 0.1) is 16.0 Å². The highest BCUT2D eigenvalue weighted by molar-refractivity contribution is 5.74. The molecule has 128 valence electrons. The third-order valence-electron chi connectivity index (χ3n) is 4.83. The van der Waals surface area contributed by atoms with Gasteiger partial charge in [-0.3, -0.25) is 15.0 Å². The highest BCUT2D eigenvalue weighted by Crippen LogP contribution is 2.28. The van der Waals surface area contributed by atoms with Gasteiger partial charge in [-0.2, -0.15) is 0 Å². The minimum atomic E-state index is -0.336. The zero-order chi connectivity index (χ0) is 17.2. The first-order valence-corrected chi connectivity index (χ1v) is 8.59. The van der Waals surface area contributed by atoms with Gasteiger partial charge in [-0.25, -0.2) is 4.98 Å². The number of nitrogens with zero attached hydrogens (tertiary/aromatic N) is 3. The molecule has 1 aliphatic rings. The normalized spacial score (nSPS) is 18.5. The van der Waals surface area contributed by atoms with Crippen LogP contribution >= 0.6 is 0 Å². The summed E-state index contributed by atoms with van der Waals surface area (Å²) < 4.78 is 0. The van der Waals surface area contributed by atoms with Crippen LogP contribution in [0, 0.1) is 10.1 Å². The molecule has 1 atom stereocenters. The number of aromatic nitrogens is 2. The summed E-state index contributed by atoms with van der Waals surface area (Å²) in [5.74, 6) is 1.42. The van der Waals surface area contributed by atoms with Crippen LogP contribution in [0.15, 0.2) is 48.5 Å². The molecule has 0 unspecified atom stereocenters. The van der Waals surface area contributed by atoms with E-state index in [0.717, 1.165) is 54.9 Å². The van der Waals surface area contributed by atoms with Gasteiger partial charge in [0.1, 0.15) is 5.82 Å². The second kappa shape index (κ2) is 6.64. The molecule has 0 bridgehead atoms. The lowest BCUT2D eigenvalue weighted by Gasteiger charge is -2.31. The number of para-hydroxylation sites is 2. The average Bonchev–Trinajstić information content (AvgIpc) is 3.06. The number of non-ortho nitro benzene ring substituents is 1. The molecule has 0 aliphatic carbocycles. The van der Waals surface area contributed by atoms with Crippen LogP contribution in [0.3, 0.4) is 0 Å². The maximum absolute atomic E-state index is 10.9. The van der Waals surface area contributed by atoms with Crippen molar-refractivity contribution < 1.29 is 4.92 Å². The molecular formula is C19H20N4O2. The summed E-state index contributed by atoms with van der Waals surface area (Å²) in [4.78, 5) is 21.2. The fraction of sp³-hybridized carbons (Fsp3) is 0.316. The number of rotatable bonds is 4. The summed E-state index contributed by atoms with van der Waals surface area (Å²) in [5, 5.41) is 10.9. The number of piperidine rings is 1. The highest BCUT2D eigenvalue weighted by Gasteiger charge is 2.24. The van der Waals surface area contributed by atoms with Gasteiger partial charge in [0, 0.05) is 31.1 Å². The van der Waals surface area contributed by atoms with Crippen LogP contribution in [0.1, 0.15) is 30.1 Å². The molecule has 1 aliphatic heterocycles. The molecular weight excluding hydrogens is 316 g/mol. The van der Waals surface area contributed by atoms with Crippen LogP contribution in [-0.2, 0) is 6.54 Å². The van der Waals surface area contributed by atoms with Crippen molar-refractivity contribution in [3.63, 3.8) is 0 Å². The van der Waals surface area contributed by atoms with Crippen molar-refractivity contribution in [3.8, 4) is 0 Å². The molecule has 3 aromatic rings. The van der Waals surface area contributed by atoms with Gasteiger partial charge in [0.25, 0.3) is 5.69 Å². The predicted octanol–water partition coefficient (Wildman–Crippen LogP) is 3.85. The minimum absolute atomic E-state index is 0.156. The molecule has 0 radical (unpaired) electrons. The highest BCUT2D eigenvalue weighted by atomic mass is 16.6. The van der Waals surface area contributed by atoms with Crippen LogP contribution in [0.2, 0.25) is 0 Å². The predicted molar refractivity (Wildman–Crippen MR) is 96.4 cm³/mol. The molecule has 6 nitrogen and oxygen atoms in total. The Morgan fingerprint density at radius 1 is 1.24 bits per heavy atom. The molecule has 1 saturated heterocycles. The Hall–Kier alpha value is -2.73. The Balaban J connectivity index is 1.49. The van der Waals surface area contributed by atoms with E-state index in [4.69, 9.17) is 4.98 Å².